The third-order valence-corrected chi connectivity index (χ3v) is 5.95. The first kappa shape index (κ1) is 23.0. The minimum atomic E-state index is 0.903. The Morgan fingerprint density at radius 2 is 1.09 bits per heavy atom. The minimum absolute atomic E-state index is 0.903. The summed E-state index contributed by atoms with van der Waals surface area (Å²) in [6.07, 6.45) is 0.903. The molecule has 4 aromatic carbocycles. The van der Waals surface area contributed by atoms with E-state index in [-0.39, 0.29) is 0 Å². The van der Waals surface area contributed by atoms with Gasteiger partial charge in [-0.1, -0.05) is 54.9 Å². The van der Waals surface area contributed by atoms with E-state index < -0.39 is 0 Å². The SMILES string of the molecule is CCc1cc(C#Cc2ccc(N(C)C)cc2)c2ccccc2c1C#Cc1ccc(N(C)C)cc1. The minimum Gasteiger partial charge on any atom is -0.378 e. The molecule has 0 radical (unpaired) electrons. The van der Waals surface area contributed by atoms with Gasteiger partial charge in [-0.05, 0) is 77.4 Å². The third kappa shape index (κ3) is 5.09. The average molecular weight is 443 g/mol. The molecule has 0 bridgehead atoms. The fourth-order valence-corrected chi connectivity index (χ4v) is 3.92. The van der Waals surface area contributed by atoms with E-state index >= 15 is 0 Å². The van der Waals surface area contributed by atoms with Crippen molar-refractivity contribution in [1.29, 1.82) is 0 Å². The molecule has 0 atom stereocenters. The van der Waals surface area contributed by atoms with Crippen molar-refractivity contribution in [3.8, 4) is 23.7 Å². The quantitative estimate of drug-likeness (QED) is 0.342. The number of anilines is 2. The standard InChI is InChI=1S/C32H30N2/c1-6-26-23-27(17-11-24-12-18-28(19-13-24)33(2)3)30-9-7-8-10-32(30)31(26)22-16-25-14-20-29(21-15-25)34(4)5/h7-10,12-15,18-21,23H,6H2,1-5H3. The molecule has 4 aromatic rings. The van der Waals surface area contributed by atoms with Crippen LogP contribution in [0.5, 0.6) is 0 Å². The van der Waals surface area contributed by atoms with Crippen molar-refractivity contribution in [3.05, 3.63) is 107 Å². The molecular formula is C32H30N2. The summed E-state index contributed by atoms with van der Waals surface area (Å²) in [6.45, 7) is 2.18. The molecular weight excluding hydrogens is 412 g/mol. The highest BCUT2D eigenvalue weighted by atomic mass is 15.1. The lowest BCUT2D eigenvalue weighted by atomic mass is 9.93. The Morgan fingerprint density at radius 3 is 1.59 bits per heavy atom. The smallest absolute Gasteiger partial charge is 0.0361 e. The highest BCUT2D eigenvalue weighted by Gasteiger charge is 2.09. The van der Waals surface area contributed by atoms with Crippen LogP contribution >= 0.6 is 0 Å². The molecule has 0 N–H and O–H groups in total. The van der Waals surface area contributed by atoms with Crippen LogP contribution in [0.1, 0.15) is 34.7 Å². The van der Waals surface area contributed by atoms with Gasteiger partial charge < -0.3 is 9.80 Å². The van der Waals surface area contributed by atoms with Crippen LogP contribution in [-0.2, 0) is 6.42 Å². The van der Waals surface area contributed by atoms with Gasteiger partial charge in [0.1, 0.15) is 0 Å². The first-order valence-electron chi connectivity index (χ1n) is 11.6. The highest BCUT2D eigenvalue weighted by molar-refractivity contribution is 5.94. The third-order valence-electron chi connectivity index (χ3n) is 5.95. The van der Waals surface area contributed by atoms with E-state index in [2.05, 4.69) is 119 Å². The lowest BCUT2D eigenvalue weighted by Crippen LogP contribution is -2.07. The molecule has 0 fully saturated rings. The van der Waals surface area contributed by atoms with Crippen LogP contribution in [0, 0.1) is 23.7 Å². The lowest BCUT2D eigenvalue weighted by Gasteiger charge is -2.11. The number of benzene rings is 4. The maximum atomic E-state index is 3.47. The lowest BCUT2D eigenvalue weighted by molar-refractivity contribution is 1.13. The van der Waals surface area contributed by atoms with Gasteiger partial charge in [-0.25, -0.2) is 0 Å². The van der Waals surface area contributed by atoms with E-state index in [0.29, 0.717) is 0 Å². The molecule has 0 aromatic heterocycles. The van der Waals surface area contributed by atoms with Gasteiger partial charge in [-0.2, -0.15) is 0 Å². The molecule has 0 saturated carbocycles. The Bertz CT molecular complexity index is 1420. The fourth-order valence-electron chi connectivity index (χ4n) is 3.92. The van der Waals surface area contributed by atoms with Crippen molar-refractivity contribution in [2.24, 2.45) is 0 Å². The summed E-state index contributed by atoms with van der Waals surface area (Å²) in [6, 6.07) is 27.4. The van der Waals surface area contributed by atoms with Crippen molar-refractivity contribution >= 4 is 22.1 Å². The van der Waals surface area contributed by atoms with Gasteiger partial charge in [-0.15, -0.1) is 0 Å². The van der Waals surface area contributed by atoms with Gasteiger partial charge in [-0.3, -0.25) is 0 Å². The molecule has 0 heterocycles. The highest BCUT2D eigenvalue weighted by Crippen LogP contribution is 2.26. The normalized spacial score (nSPS) is 10.1. The van der Waals surface area contributed by atoms with Crippen LogP contribution in [-0.4, -0.2) is 28.2 Å². The van der Waals surface area contributed by atoms with E-state index in [1.54, 1.807) is 0 Å². The fraction of sp³-hybridized carbons (Fsp3) is 0.188. The molecule has 34 heavy (non-hydrogen) atoms. The summed E-state index contributed by atoms with van der Waals surface area (Å²) in [5, 5.41) is 2.30. The number of hydrogen-bond donors (Lipinski definition) is 0. The van der Waals surface area contributed by atoms with Crippen molar-refractivity contribution < 1.29 is 0 Å². The Kier molecular flexibility index (Phi) is 6.91. The van der Waals surface area contributed by atoms with Crippen molar-refractivity contribution in [1.82, 2.24) is 0 Å². The summed E-state index contributed by atoms with van der Waals surface area (Å²) in [5.74, 6) is 13.6. The molecule has 4 rings (SSSR count). The topological polar surface area (TPSA) is 6.48 Å². The number of rotatable bonds is 3. The number of aryl methyl sites for hydroxylation is 1. The summed E-state index contributed by atoms with van der Waals surface area (Å²) in [7, 11) is 8.18. The van der Waals surface area contributed by atoms with Gasteiger partial charge in [0.25, 0.3) is 0 Å². The first-order chi connectivity index (χ1) is 16.5. The second-order valence-electron chi connectivity index (χ2n) is 8.74. The van der Waals surface area contributed by atoms with Gasteiger partial charge in [0.05, 0.1) is 0 Å². The molecule has 0 aliphatic rings. The Morgan fingerprint density at radius 1 is 0.588 bits per heavy atom. The molecule has 0 saturated heterocycles. The average Bonchev–Trinajstić information content (AvgIpc) is 2.86. The zero-order valence-corrected chi connectivity index (χ0v) is 20.6. The van der Waals surface area contributed by atoms with E-state index in [1.165, 1.54) is 16.9 Å². The van der Waals surface area contributed by atoms with Crippen LogP contribution in [0.2, 0.25) is 0 Å². The molecule has 168 valence electrons. The predicted octanol–water partition coefficient (Wildman–Crippen LogP) is 6.33. The summed E-state index contributed by atoms with van der Waals surface area (Å²) >= 11 is 0. The van der Waals surface area contributed by atoms with Crippen LogP contribution < -0.4 is 9.80 Å². The zero-order chi connectivity index (χ0) is 24.1. The molecule has 2 heteroatoms. The van der Waals surface area contributed by atoms with Crippen molar-refractivity contribution in [2.45, 2.75) is 13.3 Å². The molecule has 0 aliphatic heterocycles. The Balaban J connectivity index is 1.75. The van der Waals surface area contributed by atoms with Crippen molar-refractivity contribution in [3.63, 3.8) is 0 Å². The van der Waals surface area contributed by atoms with Gasteiger partial charge in [0.15, 0.2) is 0 Å². The van der Waals surface area contributed by atoms with Crippen molar-refractivity contribution in [2.75, 3.05) is 38.0 Å². The van der Waals surface area contributed by atoms with Crippen LogP contribution in [0.3, 0.4) is 0 Å². The molecule has 2 nitrogen and oxygen atoms in total. The molecule has 0 spiro atoms. The van der Waals surface area contributed by atoms with E-state index in [0.717, 1.165) is 39.4 Å². The summed E-state index contributed by atoms with van der Waals surface area (Å²) in [5.41, 5.74) is 7.73. The molecule has 0 aliphatic carbocycles. The van der Waals surface area contributed by atoms with Gasteiger partial charge in [0.2, 0.25) is 0 Å². The molecule has 0 amide bonds. The largest absolute Gasteiger partial charge is 0.378 e. The Hall–Kier alpha value is -4.14. The van der Waals surface area contributed by atoms with Gasteiger partial charge in [0, 0.05) is 61.8 Å². The van der Waals surface area contributed by atoms with Crippen LogP contribution in [0.4, 0.5) is 11.4 Å². The maximum Gasteiger partial charge on any atom is 0.0361 e. The van der Waals surface area contributed by atoms with Gasteiger partial charge >= 0.3 is 0 Å². The molecule has 0 unspecified atom stereocenters. The van der Waals surface area contributed by atoms with E-state index in [1.807, 2.05) is 28.2 Å². The summed E-state index contributed by atoms with van der Waals surface area (Å²) < 4.78 is 0. The van der Waals surface area contributed by atoms with Crippen LogP contribution in [0.15, 0.2) is 78.9 Å². The second kappa shape index (κ2) is 10.2. The summed E-state index contributed by atoms with van der Waals surface area (Å²) in [4.78, 5) is 4.19. The second-order valence-corrected chi connectivity index (χ2v) is 8.74. The number of hydrogen-bond acceptors (Lipinski definition) is 2. The monoisotopic (exact) mass is 442 g/mol. The van der Waals surface area contributed by atoms with E-state index in [4.69, 9.17) is 0 Å². The zero-order valence-electron chi connectivity index (χ0n) is 20.6. The Labute approximate surface area is 203 Å². The maximum absolute atomic E-state index is 3.47. The number of nitrogens with zero attached hydrogens (tertiary/aromatic N) is 2. The van der Waals surface area contributed by atoms with E-state index in [9.17, 15) is 0 Å². The first-order valence-corrected chi connectivity index (χ1v) is 11.6. The van der Waals surface area contributed by atoms with Crippen LogP contribution in [0.25, 0.3) is 10.8 Å². The number of fused-ring (bicyclic) bond motifs is 1. The predicted molar refractivity (Wildman–Crippen MR) is 147 cm³/mol.